The topological polar surface area (TPSA) is 192 Å². The molecule has 4 unspecified atom stereocenters. The van der Waals surface area contributed by atoms with Crippen LogP contribution in [-0.4, -0.2) is 54.6 Å². The minimum Gasteiger partial charge on any atom is -0.481 e. The lowest BCUT2D eigenvalue weighted by Gasteiger charge is -1.98. The van der Waals surface area contributed by atoms with Gasteiger partial charge in [-0.05, 0) is 16.7 Å². The number of nitriles is 2. The number of methoxy groups -OCH3 is 2. The van der Waals surface area contributed by atoms with Gasteiger partial charge in [-0.25, -0.2) is 4.79 Å². The van der Waals surface area contributed by atoms with Gasteiger partial charge in [0.15, 0.2) is 0 Å². The van der Waals surface area contributed by atoms with E-state index in [1.54, 1.807) is 39.8 Å². The van der Waals surface area contributed by atoms with Crippen molar-refractivity contribution in [2.45, 2.75) is 34.1 Å². The quantitative estimate of drug-likeness (QED) is 0.251. The highest BCUT2D eigenvalue weighted by Crippen LogP contribution is 2.59. The van der Waals surface area contributed by atoms with Gasteiger partial charge in [0, 0.05) is 5.92 Å². The summed E-state index contributed by atoms with van der Waals surface area (Å²) in [7, 11) is 2.43. The van der Waals surface area contributed by atoms with Crippen LogP contribution in [0.4, 0.5) is 0 Å². The predicted octanol–water partition coefficient (Wildman–Crippen LogP) is 1.58. The summed E-state index contributed by atoms with van der Waals surface area (Å²) in [4.78, 5) is 52.6. The van der Waals surface area contributed by atoms with Crippen LogP contribution in [0.15, 0.2) is 11.6 Å². The normalized spacial score (nSPS) is 25.0. The van der Waals surface area contributed by atoms with Crippen LogP contribution in [0, 0.1) is 57.2 Å². The summed E-state index contributed by atoms with van der Waals surface area (Å²) in [6.07, 6.45) is 1.97. The molecule has 0 aromatic rings. The summed E-state index contributed by atoms with van der Waals surface area (Å²) >= 11 is 0. The molecule has 0 heterocycles. The van der Waals surface area contributed by atoms with Gasteiger partial charge in [0.25, 0.3) is 0 Å². The van der Waals surface area contributed by atoms with Gasteiger partial charge in [0.05, 0.1) is 32.1 Å². The van der Waals surface area contributed by atoms with Gasteiger partial charge in [0.2, 0.25) is 0 Å². The van der Waals surface area contributed by atoms with Crippen LogP contribution in [-0.2, 0) is 33.4 Å². The minimum absolute atomic E-state index is 0.135. The number of allylic oxidation sites excluding steroid dienone is 1. The first-order chi connectivity index (χ1) is 15.2. The van der Waals surface area contributed by atoms with Crippen LogP contribution in [0.25, 0.3) is 0 Å². The SMILES string of the molecule is CC1(C)C(C=O)C1C(=O)O.COC(=O)/C(C#N)=C/C1C(C(=O)O)C1(C)C.COC(=O)CC#N. The van der Waals surface area contributed by atoms with Crippen LogP contribution in [0.3, 0.4) is 0 Å². The van der Waals surface area contributed by atoms with Gasteiger partial charge < -0.3 is 24.5 Å². The molecule has 2 aliphatic carbocycles. The fourth-order valence-corrected chi connectivity index (χ4v) is 3.44. The maximum Gasteiger partial charge on any atom is 0.348 e. The molecule has 11 nitrogen and oxygen atoms in total. The minimum atomic E-state index is -0.909. The summed E-state index contributed by atoms with van der Waals surface area (Å²) in [6.45, 7) is 7.17. The first kappa shape index (κ1) is 29.3. The molecule has 4 atom stereocenters. The molecule has 33 heavy (non-hydrogen) atoms. The Balaban J connectivity index is 0.000000514. The van der Waals surface area contributed by atoms with E-state index in [0.717, 1.165) is 6.29 Å². The van der Waals surface area contributed by atoms with Crippen LogP contribution in [0.1, 0.15) is 34.1 Å². The second-order valence-corrected chi connectivity index (χ2v) is 8.56. The van der Waals surface area contributed by atoms with Gasteiger partial charge >= 0.3 is 23.9 Å². The zero-order chi connectivity index (χ0) is 26.1. The Morgan fingerprint density at radius 2 is 1.36 bits per heavy atom. The van der Waals surface area contributed by atoms with Gasteiger partial charge in [0.1, 0.15) is 24.3 Å². The van der Waals surface area contributed by atoms with Crippen LogP contribution >= 0.6 is 0 Å². The fraction of sp³-hybridized carbons (Fsp3) is 0.591. The third kappa shape index (κ3) is 7.42. The molecule has 0 radical (unpaired) electrons. The number of nitrogens with zero attached hydrogens (tertiary/aromatic N) is 2. The molecule has 0 spiro atoms. The lowest BCUT2D eigenvalue weighted by molar-refractivity contribution is -0.140. The molecule has 0 amide bonds. The second-order valence-electron chi connectivity index (χ2n) is 8.56. The zero-order valence-electron chi connectivity index (χ0n) is 19.3. The average molecular weight is 464 g/mol. The molecule has 0 bridgehead atoms. The number of carboxylic acids is 2. The Morgan fingerprint density at radius 3 is 1.58 bits per heavy atom. The highest BCUT2D eigenvalue weighted by atomic mass is 16.5. The zero-order valence-corrected chi connectivity index (χ0v) is 19.3. The standard InChI is InChI=1S/C11H13NO4.C7H10O3.C4H5NO2/c1-11(2)7(8(11)9(13)14)4-6(5-12)10(15)16-3;1-7(2)4(3-8)5(7)6(9)10;1-7-4(6)2-3-5/h4,7-8H,1-3H3,(H,13,14);3-5H,1-2H3,(H,9,10);2H2,1H3/b6-4+;;. The number of carbonyl (C=O) groups excluding carboxylic acids is 3. The van der Waals surface area contributed by atoms with Gasteiger partial charge in [-0.1, -0.05) is 33.8 Å². The molecule has 2 aliphatic rings. The van der Waals surface area contributed by atoms with E-state index >= 15 is 0 Å². The summed E-state index contributed by atoms with van der Waals surface area (Å²) in [6, 6.07) is 3.36. The maximum atomic E-state index is 11.1. The fourth-order valence-electron chi connectivity index (χ4n) is 3.44. The molecule has 2 saturated carbocycles. The highest BCUT2D eigenvalue weighted by molar-refractivity contribution is 5.93. The largest absolute Gasteiger partial charge is 0.481 e. The van der Waals surface area contributed by atoms with E-state index in [1.165, 1.54) is 20.3 Å². The Hall–Kier alpha value is -3.73. The van der Waals surface area contributed by atoms with Crippen molar-refractivity contribution in [3.63, 3.8) is 0 Å². The Bertz CT molecular complexity index is 906. The number of carbonyl (C=O) groups is 5. The van der Waals surface area contributed by atoms with Gasteiger partial charge in [-0.2, -0.15) is 10.5 Å². The van der Waals surface area contributed by atoms with Crippen LogP contribution < -0.4 is 0 Å². The average Bonchev–Trinajstić information content (AvgIpc) is 3.52. The van der Waals surface area contributed by atoms with Gasteiger partial charge in [-0.3, -0.25) is 14.4 Å². The summed E-state index contributed by atoms with van der Waals surface area (Å²) in [5.41, 5.74) is -0.862. The van der Waals surface area contributed by atoms with Crippen molar-refractivity contribution in [2.75, 3.05) is 14.2 Å². The van der Waals surface area contributed by atoms with E-state index in [4.69, 9.17) is 20.7 Å². The van der Waals surface area contributed by atoms with Crippen molar-refractivity contribution in [1.29, 1.82) is 10.5 Å². The van der Waals surface area contributed by atoms with E-state index in [0.29, 0.717) is 0 Å². The molecule has 2 fully saturated rings. The van der Waals surface area contributed by atoms with Crippen molar-refractivity contribution in [3.05, 3.63) is 11.6 Å². The van der Waals surface area contributed by atoms with Crippen molar-refractivity contribution in [2.24, 2.45) is 34.5 Å². The number of hydrogen-bond acceptors (Lipinski definition) is 9. The number of carboxylic acid groups (broad SMARTS) is 2. The van der Waals surface area contributed by atoms with E-state index in [-0.39, 0.29) is 29.2 Å². The van der Waals surface area contributed by atoms with E-state index in [1.807, 2.05) is 0 Å². The number of ether oxygens (including phenoxy) is 2. The summed E-state index contributed by atoms with van der Waals surface area (Å²) in [5, 5.41) is 34.0. The van der Waals surface area contributed by atoms with Gasteiger partial charge in [-0.15, -0.1) is 0 Å². The number of esters is 2. The monoisotopic (exact) mass is 464 g/mol. The van der Waals surface area contributed by atoms with Crippen molar-refractivity contribution >= 4 is 30.2 Å². The Morgan fingerprint density at radius 1 is 0.909 bits per heavy atom. The number of hydrogen-bond donors (Lipinski definition) is 2. The van der Waals surface area contributed by atoms with E-state index in [9.17, 15) is 24.0 Å². The molecule has 11 heteroatoms. The molecule has 2 N–H and O–H groups in total. The number of aliphatic carboxylic acids is 2. The van der Waals surface area contributed by atoms with E-state index < -0.39 is 41.1 Å². The first-order valence-electron chi connectivity index (χ1n) is 9.73. The van der Waals surface area contributed by atoms with Crippen LogP contribution in [0.2, 0.25) is 0 Å². The predicted molar refractivity (Wildman–Crippen MR) is 111 cm³/mol. The molecule has 0 aromatic heterocycles. The molecular formula is C22H28N2O9. The lowest BCUT2D eigenvalue weighted by Crippen LogP contribution is -2.04. The number of aldehydes is 1. The summed E-state index contributed by atoms with van der Waals surface area (Å²) in [5.74, 6) is -4.54. The molecule has 0 aromatic carbocycles. The molecule has 180 valence electrons. The summed E-state index contributed by atoms with van der Waals surface area (Å²) < 4.78 is 8.55. The second kappa shape index (κ2) is 11.8. The third-order valence-electron chi connectivity index (χ3n) is 5.82. The molecule has 0 aliphatic heterocycles. The first-order valence-corrected chi connectivity index (χ1v) is 9.73. The van der Waals surface area contributed by atoms with E-state index in [2.05, 4.69) is 9.47 Å². The van der Waals surface area contributed by atoms with Crippen molar-refractivity contribution in [3.8, 4) is 12.1 Å². The Kier molecular flexibility index (Phi) is 10.4. The highest BCUT2D eigenvalue weighted by Gasteiger charge is 2.62. The van der Waals surface area contributed by atoms with Crippen molar-refractivity contribution < 1.29 is 43.7 Å². The number of rotatable bonds is 6. The van der Waals surface area contributed by atoms with Crippen molar-refractivity contribution in [1.82, 2.24) is 0 Å². The maximum absolute atomic E-state index is 11.1. The molecule has 2 rings (SSSR count). The smallest absolute Gasteiger partial charge is 0.348 e. The Labute approximate surface area is 191 Å². The third-order valence-corrected chi connectivity index (χ3v) is 5.82. The molecular weight excluding hydrogens is 436 g/mol. The lowest BCUT2D eigenvalue weighted by atomic mass is 10.1. The van der Waals surface area contributed by atoms with Crippen LogP contribution in [0.5, 0.6) is 0 Å². The molecule has 0 saturated heterocycles.